The largest absolute Gasteiger partial charge is 0.494 e. The summed E-state index contributed by atoms with van der Waals surface area (Å²) >= 11 is 0. The first-order valence-electron chi connectivity index (χ1n) is 8.59. The van der Waals surface area contributed by atoms with Crippen LogP contribution in [-0.2, 0) is 0 Å². The van der Waals surface area contributed by atoms with Gasteiger partial charge in [0.05, 0.1) is 6.61 Å². The van der Waals surface area contributed by atoms with Crippen LogP contribution in [0.25, 0.3) is 11.0 Å². The number of aryl methyl sites for hydroxylation is 1. The zero-order chi connectivity index (χ0) is 17.8. The number of rotatable bonds is 6. The molecule has 0 aliphatic heterocycles. The molecule has 0 aliphatic carbocycles. The molecule has 1 atom stereocenters. The van der Waals surface area contributed by atoms with Gasteiger partial charge in [0.1, 0.15) is 11.3 Å². The second-order valence-electron chi connectivity index (χ2n) is 6.17. The van der Waals surface area contributed by atoms with E-state index < -0.39 is 0 Å². The fourth-order valence-electron chi connectivity index (χ4n) is 2.90. The third kappa shape index (κ3) is 3.68. The molecule has 2 aromatic carbocycles. The van der Waals surface area contributed by atoms with E-state index in [1.54, 1.807) is 0 Å². The number of benzene rings is 2. The van der Waals surface area contributed by atoms with E-state index in [9.17, 15) is 4.79 Å². The van der Waals surface area contributed by atoms with Crippen LogP contribution in [0.4, 0.5) is 0 Å². The van der Waals surface area contributed by atoms with Crippen molar-refractivity contribution >= 4 is 16.9 Å². The molecule has 1 N–H and O–H groups in total. The van der Waals surface area contributed by atoms with Crippen LogP contribution in [0, 0.1) is 6.92 Å². The minimum Gasteiger partial charge on any atom is -0.494 e. The molecule has 4 heteroatoms. The molecule has 130 valence electrons. The van der Waals surface area contributed by atoms with Crippen molar-refractivity contribution in [3.8, 4) is 5.75 Å². The maximum atomic E-state index is 12.5. The van der Waals surface area contributed by atoms with Crippen LogP contribution >= 0.6 is 0 Å². The van der Waals surface area contributed by atoms with Crippen LogP contribution in [0.15, 0.2) is 52.9 Å². The van der Waals surface area contributed by atoms with Crippen LogP contribution in [0.1, 0.15) is 41.4 Å². The summed E-state index contributed by atoms with van der Waals surface area (Å²) in [5.74, 6) is 1.20. The van der Waals surface area contributed by atoms with E-state index in [1.807, 2.05) is 50.2 Å². The summed E-state index contributed by atoms with van der Waals surface area (Å²) in [6.07, 6.45) is 0. The van der Waals surface area contributed by atoms with Crippen LogP contribution in [0.3, 0.4) is 0 Å². The lowest BCUT2D eigenvalue weighted by Gasteiger charge is -2.12. The molecule has 0 aliphatic rings. The normalized spacial score (nSPS) is 12.1. The molecule has 0 fully saturated rings. The smallest absolute Gasteiger partial charge is 0.287 e. The van der Waals surface area contributed by atoms with E-state index in [2.05, 4.69) is 24.4 Å². The number of furan rings is 1. The second kappa shape index (κ2) is 7.43. The van der Waals surface area contributed by atoms with E-state index in [-0.39, 0.29) is 11.8 Å². The van der Waals surface area contributed by atoms with Gasteiger partial charge in [0, 0.05) is 17.5 Å². The molecule has 1 amide bonds. The Balaban J connectivity index is 1.74. The molecule has 0 saturated carbocycles. The van der Waals surface area contributed by atoms with Gasteiger partial charge in [-0.15, -0.1) is 0 Å². The minimum atomic E-state index is -0.186. The van der Waals surface area contributed by atoms with Crippen LogP contribution in [-0.4, -0.2) is 19.1 Å². The van der Waals surface area contributed by atoms with Crippen molar-refractivity contribution in [1.82, 2.24) is 5.32 Å². The lowest BCUT2D eigenvalue weighted by Crippen LogP contribution is -2.27. The predicted octanol–water partition coefficient (Wildman–Crippen LogP) is 4.67. The Labute approximate surface area is 147 Å². The molecule has 0 radical (unpaired) electrons. The van der Waals surface area contributed by atoms with Gasteiger partial charge in [0.25, 0.3) is 5.91 Å². The summed E-state index contributed by atoms with van der Waals surface area (Å²) in [7, 11) is 0. The van der Waals surface area contributed by atoms with Gasteiger partial charge in [-0.3, -0.25) is 4.79 Å². The first kappa shape index (κ1) is 17.1. The Morgan fingerprint density at radius 3 is 2.68 bits per heavy atom. The number of fused-ring (bicyclic) bond motifs is 1. The number of nitrogens with one attached hydrogen (secondary N) is 1. The fourth-order valence-corrected chi connectivity index (χ4v) is 2.90. The summed E-state index contributed by atoms with van der Waals surface area (Å²) in [4.78, 5) is 12.5. The highest BCUT2D eigenvalue weighted by Crippen LogP contribution is 2.29. The van der Waals surface area contributed by atoms with Gasteiger partial charge in [-0.2, -0.15) is 0 Å². The number of hydrogen-bond donors (Lipinski definition) is 1. The molecule has 0 bridgehead atoms. The van der Waals surface area contributed by atoms with Gasteiger partial charge in [-0.1, -0.05) is 37.3 Å². The molecule has 3 aromatic rings. The molecule has 0 spiro atoms. The summed E-state index contributed by atoms with van der Waals surface area (Å²) < 4.78 is 11.3. The van der Waals surface area contributed by atoms with Crippen molar-refractivity contribution < 1.29 is 13.9 Å². The molecule has 1 heterocycles. The minimum absolute atomic E-state index is 0.186. The maximum Gasteiger partial charge on any atom is 0.287 e. The third-order valence-corrected chi connectivity index (χ3v) is 4.36. The molecule has 0 unspecified atom stereocenters. The summed E-state index contributed by atoms with van der Waals surface area (Å²) in [6, 6.07) is 15.8. The highest BCUT2D eigenvalue weighted by Gasteiger charge is 2.18. The zero-order valence-electron chi connectivity index (χ0n) is 14.8. The topological polar surface area (TPSA) is 51.5 Å². The van der Waals surface area contributed by atoms with E-state index in [0.29, 0.717) is 24.5 Å². The molecule has 0 saturated heterocycles. The van der Waals surface area contributed by atoms with Crippen molar-refractivity contribution in [1.29, 1.82) is 0 Å². The number of carbonyl (C=O) groups excluding carboxylic acids is 1. The molecule has 25 heavy (non-hydrogen) atoms. The van der Waals surface area contributed by atoms with E-state index in [0.717, 1.165) is 16.7 Å². The van der Waals surface area contributed by atoms with Gasteiger partial charge in [-0.05, 0) is 43.5 Å². The zero-order valence-corrected chi connectivity index (χ0v) is 14.8. The molecule has 1 aromatic heterocycles. The van der Waals surface area contributed by atoms with Crippen molar-refractivity contribution in [2.75, 3.05) is 13.2 Å². The highest BCUT2D eigenvalue weighted by atomic mass is 16.5. The first-order chi connectivity index (χ1) is 12.1. The lowest BCUT2D eigenvalue weighted by atomic mass is 10.0. The molecular formula is C21H23NO3. The van der Waals surface area contributed by atoms with E-state index in [1.165, 1.54) is 5.56 Å². The van der Waals surface area contributed by atoms with Crippen molar-refractivity contribution in [2.45, 2.75) is 26.7 Å². The fraction of sp³-hybridized carbons (Fsp3) is 0.286. The quantitative estimate of drug-likeness (QED) is 0.711. The Bertz CT molecular complexity index is 867. The SMILES string of the molecule is CCOc1ccc2oc(C(=O)NC[C@@H](C)c3ccccc3)c(C)c2c1. The summed E-state index contributed by atoms with van der Waals surface area (Å²) in [5, 5.41) is 3.88. The molecule has 4 nitrogen and oxygen atoms in total. The number of ether oxygens (including phenoxy) is 1. The molecule has 3 rings (SSSR count). The summed E-state index contributed by atoms with van der Waals surface area (Å²) in [6.45, 7) is 7.10. The Morgan fingerprint density at radius 2 is 1.96 bits per heavy atom. The van der Waals surface area contributed by atoms with Crippen LogP contribution in [0.2, 0.25) is 0 Å². The van der Waals surface area contributed by atoms with Crippen molar-refractivity contribution in [3.05, 3.63) is 65.4 Å². The van der Waals surface area contributed by atoms with Gasteiger partial charge in [0.15, 0.2) is 5.76 Å². The Hall–Kier alpha value is -2.75. The van der Waals surface area contributed by atoms with Gasteiger partial charge < -0.3 is 14.5 Å². The predicted molar refractivity (Wildman–Crippen MR) is 99.3 cm³/mol. The van der Waals surface area contributed by atoms with Crippen LogP contribution < -0.4 is 10.1 Å². The number of carbonyl (C=O) groups is 1. The number of amides is 1. The van der Waals surface area contributed by atoms with E-state index >= 15 is 0 Å². The van der Waals surface area contributed by atoms with Crippen LogP contribution in [0.5, 0.6) is 5.75 Å². The standard InChI is InChI=1S/C21H23NO3/c1-4-24-17-10-11-19-18(12-17)15(3)20(25-19)21(23)22-13-14(2)16-8-6-5-7-9-16/h5-12,14H,4,13H2,1-3H3,(H,22,23)/t14-/m1/s1. The molecular weight excluding hydrogens is 314 g/mol. The van der Waals surface area contributed by atoms with Crippen molar-refractivity contribution in [2.24, 2.45) is 0 Å². The highest BCUT2D eigenvalue weighted by molar-refractivity contribution is 5.99. The second-order valence-corrected chi connectivity index (χ2v) is 6.17. The Morgan fingerprint density at radius 1 is 1.20 bits per heavy atom. The summed E-state index contributed by atoms with van der Waals surface area (Å²) in [5.41, 5.74) is 2.73. The van der Waals surface area contributed by atoms with Gasteiger partial charge >= 0.3 is 0 Å². The van der Waals surface area contributed by atoms with E-state index in [4.69, 9.17) is 9.15 Å². The lowest BCUT2D eigenvalue weighted by molar-refractivity contribution is 0.0925. The van der Waals surface area contributed by atoms with Crippen molar-refractivity contribution in [3.63, 3.8) is 0 Å². The first-order valence-corrected chi connectivity index (χ1v) is 8.59. The monoisotopic (exact) mass is 337 g/mol. The Kier molecular flexibility index (Phi) is 5.08. The average molecular weight is 337 g/mol. The van der Waals surface area contributed by atoms with Gasteiger partial charge in [-0.25, -0.2) is 0 Å². The number of hydrogen-bond acceptors (Lipinski definition) is 3. The van der Waals surface area contributed by atoms with Gasteiger partial charge in [0.2, 0.25) is 0 Å². The third-order valence-electron chi connectivity index (χ3n) is 4.36. The maximum absolute atomic E-state index is 12.5. The average Bonchev–Trinajstić information content (AvgIpc) is 2.97.